The standard InChI is InChI=1S/C13H11BrFNO4/c1-2-20-11(17)3-4-16-10-6-9(15)8(14)5-7(10)12(18)13(16)19/h5-6H,2-4H2,1H3. The van der Waals surface area contributed by atoms with E-state index in [2.05, 4.69) is 15.9 Å². The number of amides is 1. The molecular weight excluding hydrogens is 333 g/mol. The number of hydrogen-bond acceptors (Lipinski definition) is 4. The van der Waals surface area contributed by atoms with Gasteiger partial charge < -0.3 is 9.64 Å². The molecule has 0 bridgehead atoms. The van der Waals surface area contributed by atoms with Crippen molar-refractivity contribution >= 4 is 39.3 Å². The van der Waals surface area contributed by atoms with Crippen LogP contribution in [0.15, 0.2) is 16.6 Å². The van der Waals surface area contributed by atoms with Crippen LogP contribution < -0.4 is 4.90 Å². The van der Waals surface area contributed by atoms with Crippen LogP contribution in [0.5, 0.6) is 0 Å². The zero-order valence-electron chi connectivity index (χ0n) is 10.6. The number of ether oxygens (including phenoxy) is 1. The molecule has 5 nitrogen and oxygen atoms in total. The fourth-order valence-corrected chi connectivity index (χ4v) is 2.29. The lowest BCUT2D eigenvalue weighted by molar-refractivity contribution is -0.142. The largest absolute Gasteiger partial charge is 0.466 e. The molecule has 0 atom stereocenters. The highest BCUT2D eigenvalue weighted by molar-refractivity contribution is 9.10. The van der Waals surface area contributed by atoms with Gasteiger partial charge in [-0.05, 0) is 35.0 Å². The molecule has 7 heteroatoms. The van der Waals surface area contributed by atoms with E-state index in [1.54, 1.807) is 6.92 Å². The van der Waals surface area contributed by atoms with Gasteiger partial charge in [-0.15, -0.1) is 0 Å². The topological polar surface area (TPSA) is 63.7 Å². The summed E-state index contributed by atoms with van der Waals surface area (Å²) >= 11 is 2.97. The van der Waals surface area contributed by atoms with Crippen LogP contribution in [0.25, 0.3) is 0 Å². The van der Waals surface area contributed by atoms with E-state index in [0.29, 0.717) is 0 Å². The highest BCUT2D eigenvalue weighted by Gasteiger charge is 2.36. The minimum Gasteiger partial charge on any atom is -0.466 e. The molecule has 106 valence electrons. The molecule has 1 aliphatic rings. The van der Waals surface area contributed by atoms with Crippen LogP contribution >= 0.6 is 15.9 Å². The number of esters is 1. The first-order valence-corrected chi connectivity index (χ1v) is 6.75. The SMILES string of the molecule is CCOC(=O)CCN1C(=O)C(=O)c2cc(Br)c(F)cc21. The lowest BCUT2D eigenvalue weighted by Gasteiger charge is -2.16. The Balaban J connectivity index is 2.24. The molecule has 1 aromatic carbocycles. The summed E-state index contributed by atoms with van der Waals surface area (Å²) in [4.78, 5) is 36.0. The quantitative estimate of drug-likeness (QED) is 0.620. The van der Waals surface area contributed by atoms with Gasteiger partial charge in [0.25, 0.3) is 11.7 Å². The number of halogens is 2. The fraction of sp³-hybridized carbons (Fsp3) is 0.308. The first-order valence-electron chi connectivity index (χ1n) is 5.96. The average Bonchev–Trinajstić information content (AvgIpc) is 2.62. The van der Waals surface area contributed by atoms with Crippen molar-refractivity contribution < 1.29 is 23.5 Å². The molecule has 2 rings (SSSR count). The van der Waals surface area contributed by atoms with Crippen LogP contribution in [-0.4, -0.2) is 30.8 Å². The predicted molar refractivity (Wildman–Crippen MR) is 72.0 cm³/mol. The molecule has 1 aromatic rings. The van der Waals surface area contributed by atoms with Gasteiger partial charge in [0, 0.05) is 6.54 Å². The molecule has 1 heterocycles. The van der Waals surface area contributed by atoms with Crippen molar-refractivity contribution in [1.29, 1.82) is 0 Å². The number of benzene rings is 1. The summed E-state index contributed by atoms with van der Waals surface area (Å²) in [6, 6.07) is 2.38. The summed E-state index contributed by atoms with van der Waals surface area (Å²) in [7, 11) is 0. The molecule has 0 aliphatic carbocycles. The second kappa shape index (κ2) is 5.70. The van der Waals surface area contributed by atoms with E-state index in [1.807, 2.05) is 0 Å². The first kappa shape index (κ1) is 14.6. The Hall–Kier alpha value is -1.76. The Kier molecular flexibility index (Phi) is 4.17. The third-order valence-electron chi connectivity index (χ3n) is 2.86. The van der Waals surface area contributed by atoms with Gasteiger partial charge in [0.2, 0.25) is 0 Å². The zero-order chi connectivity index (χ0) is 14.9. The Morgan fingerprint density at radius 2 is 2.10 bits per heavy atom. The van der Waals surface area contributed by atoms with Crippen molar-refractivity contribution in [3.8, 4) is 0 Å². The third-order valence-corrected chi connectivity index (χ3v) is 3.47. The third kappa shape index (κ3) is 2.58. The number of fused-ring (bicyclic) bond motifs is 1. The van der Waals surface area contributed by atoms with Gasteiger partial charge in [0.1, 0.15) is 5.82 Å². The van der Waals surface area contributed by atoms with Crippen LogP contribution in [0.1, 0.15) is 23.7 Å². The minimum absolute atomic E-state index is 0.0164. The van der Waals surface area contributed by atoms with E-state index >= 15 is 0 Å². The van der Waals surface area contributed by atoms with Crippen molar-refractivity contribution in [3.05, 3.63) is 28.0 Å². The van der Waals surface area contributed by atoms with E-state index in [9.17, 15) is 18.8 Å². The maximum atomic E-state index is 13.5. The summed E-state index contributed by atoms with van der Waals surface area (Å²) in [5.41, 5.74) is 0.317. The first-order chi connectivity index (χ1) is 9.45. The second-order valence-corrected chi connectivity index (χ2v) is 4.98. The Morgan fingerprint density at radius 1 is 1.40 bits per heavy atom. The number of nitrogens with zero attached hydrogens (tertiary/aromatic N) is 1. The number of hydrogen-bond donors (Lipinski definition) is 0. The molecule has 0 unspecified atom stereocenters. The van der Waals surface area contributed by atoms with E-state index in [1.165, 1.54) is 6.07 Å². The maximum absolute atomic E-state index is 13.5. The van der Waals surface area contributed by atoms with E-state index in [-0.39, 0.29) is 35.3 Å². The fourth-order valence-electron chi connectivity index (χ4n) is 1.95. The van der Waals surface area contributed by atoms with Gasteiger partial charge in [0.15, 0.2) is 0 Å². The number of anilines is 1. The summed E-state index contributed by atoms with van der Waals surface area (Å²) < 4.78 is 18.4. The maximum Gasteiger partial charge on any atom is 0.307 e. The van der Waals surface area contributed by atoms with E-state index in [4.69, 9.17) is 4.74 Å². The zero-order valence-corrected chi connectivity index (χ0v) is 12.2. The molecule has 0 saturated heterocycles. The molecular formula is C13H11BrFNO4. The van der Waals surface area contributed by atoms with Crippen LogP contribution in [0.2, 0.25) is 0 Å². The molecule has 0 saturated carbocycles. The van der Waals surface area contributed by atoms with Gasteiger partial charge >= 0.3 is 5.97 Å². The van der Waals surface area contributed by atoms with Crippen LogP contribution in [0.3, 0.4) is 0 Å². The number of carbonyl (C=O) groups excluding carboxylic acids is 3. The van der Waals surface area contributed by atoms with E-state index in [0.717, 1.165) is 11.0 Å². The molecule has 0 spiro atoms. The van der Waals surface area contributed by atoms with Crippen molar-refractivity contribution in [2.45, 2.75) is 13.3 Å². The van der Waals surface area contributed by atoms with Crippen LogP contribution in [-0.2, 0) is 14.3 Å². The summed E-state index contributed by atoms with van der Waals surface area (Å²) in [5.74, 6) is -2.52. The van der Waals surface area contributed by atoms with Crippen LogP contribution in [0, 0.1) is 5.82 Å². The number of rotatable bonds is 4. The van der Waals surface area contributed by atoms with Crippen molar-refractivity contribution in [2.75, 3.05) is 18.1 Å². The van der Waals surface area contributed by atoms with Gasteiger partial charge in [-0.25, -0.2) is 4.39 Å². The van der Waals surface area contributed by atoms with Crippen LogP contribution in [0.4, 0.5) is 10.1 Å². The average molecular weight is 344 g/mol. The Labute approximate surface area is 122 Å². The predicted octanol–water partition coefficient (Wildman–Crippen LogP) is 2.07. The van der Waals surface area contributed by atoms with E-state index < -0.39 is 23.5 Å². The highest BCUT2D eigenvalue weighted by Crippen LogP contribution is 2.33. The van der Waals surface area contributed by atoms with Gasteiger partial charge in [0.05, 0.1) is 28.8 Å². The van der Waals surface area contributed by atoms with Gasteiger partial charge in [-0.3, -0.25) is 14.4 Å². The molecule has 1 amide bonds. The Bertz CT molecular complexity index is 602. The number of Topliss-reactive ketones (excluding diaryl/α,β-unsaturated/α-hetero) is 1. The number of ketones is 1. The molecule has 0 fully saturated rings. The van der Waals surface area contributed by atoms with Gasteiger partial charge in [-0.1, -0.05) is 0 Å². The monoisotopic (exact) mass is 343 g/mol. The number of carbonyl (C=O) groups is 3. The highest BCUT2D eigenvalue weighted by atomic mass is 79.9. The lowest BCUT2D eigenvalue weighted by Crippen LogP contribution is -2.32. The summed E-state index contributed by atoms with van der Waals surface area (Å²) in [5, 5.41) is 0. The normalized spacial score (nSPS) is 13.7. The van der Waals surface area contributed by atoms with Crippen molar-refractivity contribution in [2.24, 2.45) is 0 Å². The minimum atomic E-state index is -0.762. The molecule has 1 aliphatic heterocycles. The lowest BCUT2D eigenvalue weighted by atomic mass is 10.1. The van der Waals surface area contributed by atoms with Crippen molar-refractivity contribution in [1.82, 2.24) is 0 Å². The smallest absolute Gasteiger partial charge is 0.307 e. The molecule has 20 heavy (non-hydrogen) atoms. The van der Waals surface area contributed by atoms with Gasteiger partial charge in [-0.2, -0.15) is 0 Å². The summed E-state index contributed by atoms with van der Waals surface area (Å²) in [6.07, 6.45) is -0.0516. The van der Waals surface area contributed by atoms with Crippen molar-refractivity contribution in [3.63, 3.8) is 0 Å². The molecule has 0 aromatic heterocycles. The summed E-state index contributed by atoms with van der Waals surface area (Å²) in [6.45, 7) is 1.89. The molecule has 0 radical (unpaired) electrons. The molecule has 0 N–H and O–H groups in total. The Morgan fingerprint density at radius 3 is 2.75 bits per heavy atom. The second-order valence-electron chi connectivity index (χ2n) is 4.12.